The minimum absolute atomic E-state index is 0.0165. The number of hydrogen-bond acceptors (Lipinski definition) is 2. The van der Waals surface area contributed by atoms with Crippen LogP contribution in [0.25, 0.3) is 5.65 Å². The quantitative estimate of drug-likeness (QED) is 0.918. The SMILES string of the molecule is Cc1nc2c(Cl)cc(C(F)(F)F)cn2c1C(N)C1CC1. The van der Waals surface area contributed by atoms with Gasteiger partial charge in [-0.1, -0.05) is 11.6 Å². The average molecular weight is 304 g/mol. The largest absolute Gasteiger partial charge is 0.417 e. The molecule has 108 valence electrons. The number of nitrogens with two attached hydrogens (primary N) is 1. The van der Waals surface area contributed by atoms with Crippen molar-refractivity contribution in [3.8, 4) is 0 Å². The highest BCUT2D eigenvalue weighted by atomic mass is 35.5. The van der Waals surface area contributed by atoms with E-state index in [1.165, 1.54) is 4.40 Å². The van der Waals surface area contributed by atoms with Crippen LogP contribution in [0.5, 0.6) is 0 Å². The van der Waals surface area contributed by atoms with Gasteiger partial charge in [-0.2, -0.15) is 13.2 Å². The number of imidazole rings is 1. The van der Waals surface area contributed by atoms with Crippen LogP contribution in [0.3, 0.4) is 0 Å². The number of alkyl halides is 3. The normalized spacial score (nSPS) is 17.7. The molecule has 2 N–H and O–H groups in total. The van der Waals surface area contributed by atoms with E-state index in [-0.39, 0.29) is 11.1 Å². The van der Waals surface area contributed by atoms with Gasteiger partial charge < -0.3 is 10.1 Å². The summed E-state index contributed by atoms with van der Waals surface area (Å²) >= 11 is 5.93. The Morgan fingerprint density at radius 2 is 2.10 bits per heavy atom. The fraction of sp³-hybridized carbons (Fsp3) is 0.462. The van der Waals surface area contributed by atoms with Crippen LogP contribution in [0.1, 0.15) is 35.8 Å². The summed E-state index contributed by atoms with van der Waals surface area (Å²) in [6.45, 7) is 1.74. The highest BCUT2D eigenvalue weighted by Gasteiger charge is 2.35. The second kappa shape index (κ2) is 4.36. The Hall–Kier alpha value is -1.27. The zero-order valence-electron chi connectivity index (χ0n) is 10.7. The van der Waals surface area contributed by atoms with Crippen molar-refractivity contribution in [2.75, 3.05) is 0 Å². The Morgan fingerprint density at radius 1 is 1.45 bits per heavy atom. The van der Waals surface area contributed by atoms with Crippen LogP contribution in [-0.2, 0) is 6.18 Å². The smallest absolute Gasteiger partial charge is 0.322 e. The summed E-state index contributed by atoms with van der Waals surface area (Å²) in [5, 5.41) is -0.0165. The van der Waals surface area contributed by atoms with Gasteiger partial charge in [-0.05, 0) is 31.7 Å². The van der Waals surface area contributed by atoms with Crippen LogP contribution in [0.15, 0.2) is 12.3 Å². The Kier molecular flexibility index (Phi) is 2.99. The molecule has 1 atom stereocenters. The third-order valence-corrected chi connectivity index (χ3v) is 3.95. The maximum Gasteiger partial charge on any atom is 0.417 e. The van der Waals surface area contributed by atoms with Gasteiger partial charge >= 0.3 is 6.18 Å². The topological polar surface area (TPSA) is 43.3 Å². The number of aromatic nitrogens is 2. The predicted octanol–water partition coefficient (Wildman–Crippen LogP) is 3.72. The lowest BCUT2D eigenvalue weighted by atomic mass is 10.1. The monoisotopic (exact) mass is 303 g/mol. The maximum atomic E-state index is 12.9. The van der Waals surface area contributed by atoms with Gasteiger partial charge in [0.1, 0.15) is 0 Å². The molecule has 0 aliphatic heterocycles. The summed E-state index contributed by atoms with van der Waals surface area (Å²) in [4.78, 5) is 4.25. The zero-order chi connectivity index (χ0) is 14.7. The second-order valence-electron chi connectivity index (χ2n) is 5.21. The average Bonchev–Trinajstić information content (AvgIpc) is 3.11. The molecular formula is C13H13ClF3N3. The van der Waals surface area contributed by atoms with E-state index in [1.807, 2.05) is 0 Å². The number of halogens is 4. The molecule has 3 rings (SSSR count). The van der Waals surface area contributed by atoms with Crippen LogP contribution in [0.2, 0.25) is 5.02 Å². The molecule has 1 saturated carbocycles. The molecular weight excluding hydrogens is 291 g/mol. The van der Waals surface area contributed by atoms with Crippen molar-refractivity contribution in [1.82, 2.24) is 9.38 Å². The van der Waals surface area contributed by atoms with Gasteiger partial charge in [0.15, 0.2) is 5.65 Å². The molecule has 1 fully saturated rings. The first-order chi connectivity index (χ1) is 9.29. The fourth-order valence-electron chi connectivity index (χ4n) is 2.47. The van der Waals surface area contributed by atoms with E-state index in [4.69, 9.17) is 17.3 Å². The molecule has 0 saturated heterocycles. The number of aryl methyl sites for hydroxylation is 1. The molecule has 0 aromatic carbocycles. The summed E-state index contributed by atoms with van der Waals surface area (Å²) in [6.07, 6.45) is -1.42. The molecule has 0 amide bonds. The van der Waals surface area contributed by atoms with E-state index in [2.05, 4.69) is 4.98 Å². The molecule has 0 radical (unpaired) electrons. The first-order valence-corrected chi connectivity index (χ1v) is 6.67. The van der Waals surface area contributed by atoms with Gasteiger partial charge in [-0.3, -0.25) is 0 Å². The number of pyridine rings is 1. The molecule has 20 heavy (non-hydrogen) atoms. The molecule has 1 aliphatic carbocycles. The van der Waals surface area contributed by atoms with Crippen LogP contribution in [0, 0.1) is 12.8 Å². The summed E-state index contributed by atoms with van der Waals surface area (Å²) in [7, 11) is 0. The van der Waals surface area contributed by atoms with Crippen molar-refractivity contribution in [2.24, 2.45) is 11.7 Å². The Morgan fingerprint density at radius 3 is 2.65 bits per heavy atom. The summed E-state index contributed by atoms with van der Waals surface area (Å²) < 4.78 is 40.0. The molecule has 7 heteroatoms. The number of nitrogens with zero attached hydrogens (tertiary/aromatic N) is 2. The van der Waals surface area contributed by atoms with Gasteiger partial charge in [-0.25, -0.2) is 4.98 Å². The van der Waals surface area contributed by atoms with Gasteiger partial charge in [0, 0.05) is 6.20 Å². The Labute approximate surface area is 118 Å². The Balaban J connectivity index is 2.24. The van der Waals surface area contributed by atoms with Crippen LogP contribution in [-0.4, -0.2) is 9.38 Å². The molecule has 2 heterocycles. The standard InChI is InChI=1S/C13H13ClF3N3/c1-6-11(10(18)7-2-3-7)20-5-8(13(15,16)17)4-9(14)12(20)19-6/h4-5,7,10H,2-3,18H2,1H3. The van der Waals surface area contributed by atoms with Crippen molar-refractivity contribution in [3.05, 3.63) is 34.2 Å². The second-order valence-corrected chi connectivity index (χ2v) is 5.62. The van der Waals surface area contributed by atoms with Crippen molar-refractivity contribution >= 4 is 17.2 Å². The van der Waals surface area contributed by atoms with Crippen molar-refractivity contribution in [3.63, 3.8) is 0 Å². The van der Waals surface area contributed by atoms with E-state index in [0.29, 0.717) is 23.0 Å². The lowest BCUT2D eigenvalue weighted by Gasteiger charge is -2.14. The molecule has 0 spiro atoms. The first-order valence-electron chi connectivity index (χ1n) is 6.30. The van der Waals surface area contributed by atoms with Crippen LogP contribution in [0.4, 0.5) is 13.2 Å². The van der Waals surface area contributed by atoms with E-state index in [1.54, 1.807) is 6.92 Å². The van der Waals surface area contributed by atoms with Crippen molar-refractivity contribution < 1.29 is 13.2 Å². The fourth-order valence-corrected chi connectivity index (χ4v) is 2.72. The van der Waals surface area contributed by atoms with Crippen LogP contribution >= 0.6 is 11.6 Å². The molecule has 0 bridgehead atoms. The summed E-state index contributed by atoms with van der Waals surface area (Å²) in [5.41, 5.74) is 6.91. The molecule has 2 aromatic rings. The summed E-state index contributed by atoms with van der Waals surface area (Å²) in [6, 6.07) is 0.597. The van der Waals surface area contributed by atoms with Crippen molar-refractivity contribution in [2.45, 2.75) is 32.0 Å². The predicted molar refractivity (Wildman–Crippen MR) is 69.6 cm³/mol. The van der Waals surface area contributed by atoms with Gasteiger partial charge in [0.2, 0.25) is 0 Å². The zero-order valence-corrected chi connectivity index (χ0v) is 11.5. The highest BCUT2D eigenvalue weighted by Crippen LogP contribution is 2.41. The maximum absolute atomic E-state index is 12.9. The van der Waals surface area contributed by atoms with E-state index >= 15 is 0 Å². The summed E-state index contributed by atoms with van der Waals surface area (Å²) in [5.74, 6) is 0.321. The number of rotatable bonds is 2. The highest BCUT2D eigenvalue weighted by molar-refractivity contribution is 6.33. The first kappa shape index (κ1) is 13.7. The minimum atomic E-state index is -4.45. The third-order valence-electron chi connectivity index (χ3n) is 3.67. The van der Waals surface area contributed by atoms with Crippen LogP contribution < -0.4 is 5.73 Å². The number of fused-ring (bicyclic) bond motifs is 1. The number of hydrogen-bond donors (Lipinski definition) is 1. The Bertz CT molecular complexity index is 674. The molecule has 3 nitrogen and oxygen atoms in total. The lowest BCUT2D eigenvalue weighted by Crippen LogP contribution is -2.16. The molecule has 2 aromatic heterocycles. The van der Waals surface area contributed by atoms with Gasteiger partial charge in [-0.15, -0.1) is 0 Å². The van der Waals surface area contributed by atoms with E-state index in [0.717, 1.165) is 25.1 Å². The third kappa shape index (κ3) is 2.16. The lowest BCUT2D eigenvalue weighted by molar-refractivity contribution is -0.137. The molecule has 1 unspecified atom stereocenters. The van der Waals surface area contributed by atoms with Gasteiger partial charge in [0.25, 0.3) is 0 Å². The minimum Gasteiger partial charge on any atom is -0.322 e. The van der Waals surface area contributed by atoms with Crippen molar-refractivity contribution in [1.29, 1.82) is 0 Å². The van der Waals surface area contributed by atoms with E-state index < -0.39 is 11.7 Å². The van der Waals surface area contributed by atoms with E-state index in [9.17, 15) is 13.2 Å². The van der Waals surface area contributed by atoms with Gasteiger partial charge in [0.05, 0.1) is 28.0 Å². The molecule has 1 aliphatic rings.